The fraction of sp³-hybridized carbons (Fsp3) is 0.161. The zero-order valence-electron chi connectivity index (χ0n) is 23.3. The lowest BCUT2D eigenvalue weighted by molar-refractivity contribution is -0.119. The number of hydrogen-bond donors (Lipinski definition) is 1. The first-order chi connectivity index (χ1) is 20.2. The lowest BCUT2D eigenvalue weighted by Gasteiger charge is -2.23. The van der Waals surface area contributed by atoms with E-state index in [0.29, 0.717) is 39.6 Å². The maximum absolute atomic E-state index is 13.5. The van der Waals surface area contributed by atoms with Crippen LogP contribution in [0.4, 0.5) is 5.69 Å². The molecule has 0 saturated carbocycles. The second kappa shape index (κ2) is 14.0. The summed E-state index contributed by atoms with van der Waals surface area (Å²) in [5, 5.41) is 4.04. The van der Waals surface area contributed by atoms with Gasteiger partial charge in [0.2, 0.25) is 0 Å². The Balaban J connectivity index is 1.48. The second-order valence-electron chi connectivity index (χ2n) is 9.12. The molecule has 11 heteroatoms. The molecule has 0 fully saturated rings. The Morgan fingerprint density at radius 2 is 1.64 bits per heavy atom. The van der Waals surface area contributed by atoms with Gasteiger partial charge in [0.05, 0.1) is 35.5 Å². The first-order valence-corrected chi connectivity index (χ1v) is 15.0. The van der Waals surface area contributed by atoms with Crippen LogP contribution in [-0.2, 0) is 21.4 Å². The van der Waals surface area contributed by atoms with Crippen LogP contribution in [0.25, 0.3) is 0 Å². The number of ether oxygens (including phenoxy) is 3. The number of carbonyl (C=O) groups excluding carboxylic acids is 1. The van der Waals surface area contributed by atoms with Crippen LogP contribution in [-0.4, -0.2) is 41.3 Å². The van der Waals surface area contributed by atoms with Crippen LogP contribution in [0.3, 0.4) is 0 Å². The predicted octanol–water partition coefficient (Wildman–Crippen LogP) is 5.70. The van der Waals surface area contributed by atoms with E-state index in [1.807, 2.05) is 31.2 Å². The number of hydrazone groups is 1. The zero-order valence-corrected chi connectivity index (χ0v) is 25.7. The number of benzene rings is 4. The first kappa shape index (κ1) is 30.6. The molecule has 0 radical (unpaired) electrons. The maximum atomic E-state index is 13.5. The van der Waals surface area contributed by atoms with Gasteiger partial charge in [-0.05, 0) is 82.5 Å². The molecular weight excluding hydrogens is 622 g/mol. The fourth-order valence-electron chi connectivity index (χ4n) is 3.92. The molecule has 0 heterocycles. The molecule has 9 nitrogen and oxygen atoms in total. The summed E-state index contributed by atoms with van der Waals surface area (Å²) in [6.07, 6.45) is 1.43. The molecule has 0 aromatic heterocycles. The van der Waals surface area contributed by atoms with E-state index in [-0.39, 0.29) is 4.90 Å². The molecule has 0 aliphatic rings. The minimum absolute atomic E-state index is 0.0544. The molecule has 0 saturated heterocycles. The van der Waals surface area contributed by atoms with Gasteiger partial charge in [-0.2, -0.15) is 5.10 Å². The monoisotopic (exact) mass is 651 g/mol. The molecule has 4 rings (SSSR count). The summed E-state index contributed by atoms with van der Waals surface area (Å²) in [5.41, 5.74) is 5.51. The van der Waals surface area contributed by atoms with Crippen molar-refractivity contribution in [2.24, 2.45) is 5.10 Å². The summed E-state index contributed by atoms with van der Waals surface area (Å²) in [4.78, 5) is 12.9. The Kier molecular flexibility index (Phi) is 10.2. The molecule has 0 atom stereocenters. The Morgan fingerprint density at radius 3 is 2.29 bits per heavy atom. The number of sulfonamides is 1. The van der Waals surface area contributed by atoms with E-state index >= 15 is 0 Å². The van der Waals surface area contributed by atoms with Crippen LogP contribution in [0.1, 0.15) is 16.7 Å². The van der Waals surface area contributed by atoms with Gasteiger partial charge in [0, 0.05) is 0 Å². The summed E-state index contributed by atoms with van der Waals surface area (Å²) in [6, 6.07) is 25.8. The van der Waals surface area contributed by atoms with Crippen LogP contribution in [0.15, 0.2) is 105 Å². The topological polar surface area (TPSA) is 107 Å². The minimum Gasteiger partial charge on any atom is -0.497 e. The van der Waals surface area contributed by atoms with Crippen molar-refractivity contribution < 1.29 is 27.4 Å². The highest BCUT2D eigenvalue weighted by atomic mass is 79.9. The van der Waals surface area contributed by atoms with Crippen molar-refractivity contribution in [3.05, 3.63) is 112 Å². The standard InChI is InChI=1S/C31H30BrN3O6S/c1-22-9-11-23(12-10-22)21-41-31-28(32)17-24(18-29(31)40-3)19-33-34-30(36)20-35(25-13-15-26(39-2)16-14-25)42(37,38)27-7-5-4-6-8-27/h4-19H,20-21H2,1-3H3,(H,34,36)/b33-19-. The molecule has 1 N–H and O–H groups in total. The average Bonchev–Trinajstić information content (AvgIpc) is 3.00. The van der Waals surface area contributed by atoms with Crippen LogP contribution in [0.5, 0.6) is 17.2 Å². The third-order valence-electron chi connectivity index (χ3n) is 6.14. The van der Waals surface area contributed by atoms with Crippen molar-refractivity contribution >= 4 is 43.8 Å². The molecule has 218 valence electrons. The summed E-state index contributed by atoms with van der Waals surface area (Å²) in [6.45, 7) is 1.88. The number of hydrogen-bond acceptors (Lipinski definition) is 7. The smallest absolute Gasteiger partial charge is 0.264 e. The van der Waals surface area contributed by atoms with Gasteiger partial charge in [0.25, 0.3) is 15.9 Å². The van der Waals surface area contributed by atoms with E-state index in [1.165, 1.54) is 38.1 Å². The zero-order chi connectivity index (χ0) is 30.1. The Hall–Kier alpha value is -4.35. The molecule has 42 heavy (non-hydrogen) atoms. The summed E-state index contributed by atoms with van der Waals surface area (Å²) in [7, 11) is -1.01. The molecule has 0 spiro atoms. The van der Waals surface area contributed by atoms with E-state index in [1.54, 1.807) is 54.6 Å². The average molecular weight is 653 g/mol. The van der Waals surface area contributed by atoms with E-state index < -0.39 is 22.5 Å². The van der Waals surface area contributed by atoms with Crippen LogP contribution >= 0.6 is 15.9 Å². The largest absolute Gasteiger partial charge is 0.497 e. The van der Waals surface area contributed by atoms with Gasteiger partial charge < -0.3 is 14.2 Å². The lowest BCUT2D eigenvalue weighted by Crippen LogP contribution is -2.39. The number of aryl methyl sites for hydroxylation is 1. The van der Waals surface area contributed by atoms with Gasteiger partial charge in [-0.3, -0.25) is 9.10 Å². The molecule has 4 aromatic carbocycles. The van der Waals surface area contributed by atoms with E-state index in [4.69, 9.17) is 14.2 Å². The third-order valence-corrected chi connectivity index (χ3v) is 8.51. The van der Waals surface area contributed by atoms with E-state index in [2.05, 4.69) is 26.5 Å². The van der Waals surface area contributed by atoms with Crippen molar-refractivity contribution in [1.29, 1.82) is 0 Å². The van der Waals surface area contributed by atoms with Crippen LogP contribution < -0.4 is 23.9 Å². The van der Waals surface area contributed by atoms with Crippen molar-refractivity contribution in [1.82, 2.24) is 5.43 Å². The van der Waals surface area contributed by atoms with Gasteiger partial charge >= 0.3 is 0 Å². The van der Waals surface area contributed by atoms with Gasteiger partial charge in [-0.1, -0.05) is 48.0 Å². The van der Waals surface area contributed by atoms with Crippen molar-refractivity contribution in [3.63, 3.8) is 0 Å². The van der Waals surface area contributed by atoms with Gasteiger partial charge in [-0.25, -0.2) is 13.8 Å². The minimum atomic E-state index is -4.05. The summed E-state index contributed by atoms with van der Waals surface area (Å²) in [5.74, 6) is 0.924. The number of carbonyl (C=O) groups is 1. The molecular formula is C31H30BrN3O6S. The maximum Gasteiger partial charge on any atom is 0.264 e. The molecule has 1 amide bonds. The predicted molar refractivity (Wildman–Crippen MR) is 166 cm³/mol. The number of methoxy groups -OCH3 is 2. The first-order valence-electron chi connectivity index (χ1n) is 12.8. The van der Waals surface area contributed by atoms with Crippen LogP contribution in [0.2, 0.25) is 0 Å². The number of anilines is 1. The molecule has 4 aromatic rings. The lowest BCUT2D eigenvalue weighted by atomic mass is 10.2. The highest BCUT2D eigenvalue weighted by molar-refractivity contribution is 9.10. The van der Waals surface area contributed by atoms with Crippen LogP contribution in [0, 0.1) is 6.92 Å². The second-order valence-corrected chi connectivity index (χ2v) is 11.8. The normalized spacial score (nSPS) is 11.2. The van der Waals surface area contributed by atoms with E-state index in [9.17, 15) is 13.2 Å². The van der Waals surface area contributed by atoms with Gasteiger partial charge in [0.15, 0.2) is 11.5 Å². The van der Waals surface area contributed by atoms with Crippen molar-refractivity contribution in [3.8, 4) is 17.2 Å². The number of halogens is 1. The molecule has 0 unspecified atom stereocenters. The van der Waals surface area contributed by atoms with Gasteiger partial charge in [-0.15, -0.1) is 0 Å². The Labute approximate surface area is 253 Å². The van der Waals surface area contributed by atoms with Gasteiger partial charge in [0.1, 0.15) is 18.9 Å². The number of rotatable bonds is 12. The Morgan fingerprint density at radius 1 is 0.952 bits per heavy atom. The highest BCUT2D eigenvalue weighted by Gasteiger charge is 2.27. The number of nitrogens with one attached hydrogen (secondary N) is 1. The van der Waals surface area contributed by atoms with Crippen molar-refractivity contribution in [2.45, 2.75) is 18.4 Å². The van der Waals surface area contributed by atoms with Crippen molar-refractivity contribution in [2.75, 3.05) is 25.1 Å². The Bertz CT molecular complexity index is 1650. The molecule has 0 bridgehead atoms. The summed E-state index contributed by atoms with van der Waals surface area (Å²) >= 11 is 3.52. The highest BCUT2D eigenvalue weighted by Crippen LogP contribution is 2.37. The summed E-state index contributed by atoms with van der Waals surface area (Å²) < 4.78 is 45.3. The molecule has 0 aliphatic heterocycles. The number of nitrogens with zero attached hydrogens (tertiary/aromatic N) is 2. The fourth-order valence-corrected chi connectivity index (χ4v) is 5.94. The SMILES string of the molecule is COc1ccc(N(CC(=O)N/N=C\c2cc(Br)c(OCc3ccc(C)cc3)c(OC)c2)S(=O)(=O)c2ccccc2)cc1. The third kappa shape index (κ3) is 7.68. The van der Waals surface area contributed by atoms with E-state index in [0.717, 1.165) is 9.87 Å². The molecule has 0 aliphatic carbocycles. The number of amides is 1. The quantitative estimate of drug-likeness (QED) is 0.156.